The molecule has 2 heterocycles. The van der Waals surface area contributed by atoms with Gasteiger partial charge in [-0.15, -0.1) is 0 Å². The van der Waals surface area contributed by atoms with Crippen LogP contribution in [0.1, 0.15) is 56.1 Å². The van der Waals surface area contributed by atoms with Crippen molar-refractivity contribution in [2.75, 3.05) is 12.4 Å². The van der Waals surface area contributed by atoms with Crippen molar-refractivity contribution in [3.8, 4) is 5.75 Å². The second kappa shape index (κ2) is 8.61. The summed E-state index contributed by atoms with van der Waals surface area (Å²) >= 11 is 0. The third-order valence-electron chi connectivity index (χ3n) is 6.17. The van der Waals surface area contributed by atoms with Crippen LogP contribution in [0.25, 0.3) is 10.9 Å². The maximum Gasteiger partial charge on any atom is 0.277 e. The number of pyridine rings is 1. The van der Waals surface area contributed by atoms with Gasteiger partial charge in [0.05, 0.1) is 30.6 Å². The van der Waals surface area contributed by atoms with Crippen molar-refractivity contribution >= 4 is 22.5 Å². The Morgan fingerprint density at radius 3 is 2.58 bits per heavy atom. The fourth-order valence-corrected chi connectivity index (χ4v) is 4.32. The predicted octanol–water partition coefficient (Wildman–Crippen LogP) is 5.36. The minimum Gasteiger partial charge on any atom is -0.494 e. The van der Waals surface area contributed by atoms with Crippen LogP contribution >= 0.6 is 0 Å². The Kier molecular flexibility index (Phi) is 5.89. The third kappa shape index (κ3) is 4.38. The molecule has 1 N–H and O–H groups in total. The molecular formula is C23H26F2N4O2. The van der Waals surface area contributed by atoms with Crippen LogP contribution in [0.15, 0.2) is 30.6 Å². The number of rotatable bonds is 5. The molecule has 1 fully saturated rings. The Morgan fingerprint density at radius 2 is 1.94 bits per heavy atom. The Bertz CT molecular complexity index is 1100. The number of methoxy groups -OCH3 is 1. The molecule has 1 saturated carbocycles. The van der Waals surface area contributed by atoms with Crippen LogP contribution in [0.3, 0.4) is 0 Å². The number of fused-ring (bicyclic) bond motifs is 1. The first-order valence-electron chi connectivity index (χ1n) is 10.5. The van der Waals surface area contributed by atoms with E-state index in [4.69, 9.17) is 9.84 Å². The van der Waals surface area contributed by atoms with Gasteiger partial charge in [0.15, 0.2) is 11.5 Å². The molecular weight excluding hydrogens is 402 g/mol. The largest absolute Gasteiger partial charge is 0.494 e. The Balaban J connectivity index is 1.58. The van der Waals surface area contributed by atoms with Gasteiger partial charge in [0.2, 0.25) is 0 Å². The lowest BCUT2D eigenvalue weighted by Crippen LogP contribution is -2.21. The summed E-state index contributed by atoms with van der Waals surface area (Å²) in [6.07, 6.45) is 7.34. The first kappa shape index (κ1) is 21.2. The molecule has 4 rings (SSSR count). The number of halogens is 2. The van der Waals surface area contributed by atoms with Crippen molar-refractivity contribution < 1.29 is 18.3 Å². The molecule has 1 amide bonds. The Labute approximate surface area is 179 Å². The number of benzene rings is 1. The van der Waals surface area contributed by atoms with Crippen molar-refractivity contribution in [1.29, 1.82) is 0 Å². The summed E-state index contributed by atoms with van der Waals surface area (Å²) in [6.45, 7) is 4.56. The van der Waals surface area contributed by atoms with Crippen LogP contribution in [0.5, 0.6) is 5.75 Å². The molecule has 0 aliphatic heterocycles. The summed E-state index contributed by atoms with van der Waals surface area (Å²) in [5.41, 5.74) is 0.640. The van der Waals surface area contributed by atoms with Crippen LogP contribution in [0.2, 0.25) is 0 Å². The zero-order valence-electron chi connectivity index (χ0n) is 17.9. The topological polar surface area (TPSA) is 69.0 Å². The van der Waals surface area contributed by atoms with E-state index in [0.29, 0.717) is 29.5 Å². The Morgan fingerprint density at radius 1 is 1.19 bits per heavy atom. The fourth-order valence-electron chi connectivity index (χ4n) is 4.32. The number of anilines is 1. The zero-order valence-corrected chi connectivity index (χ0v) is 17.9. The lowest BCUT2D eigenvalue weighted by molar-refractivity contribution is 0.101. The van der Waals surface area contributed by atoms with Crippen LogP contribution in [0.4, 0.5) is 14.5 Å². The van der Waals surface area contributed by atoms with Crippen LogP contribution in [-0.4, -0.2) is 27.8 Å². The van der Waals surface area contributed by atoms with Gasteiger partial charge in [-0.25, -0.2) is 13.8 Å². The van der Waals surface area contributed by atoms with E-state index in [1.54, 1.807) is 12.1 Å². The number of hydrogen-bond acceptors (Lipinski definition) is 4. The van der Waals surface area contributed by atoms with Gasteiger partial charge in [0, 0.05) is 23.7 Å². The summed E-state index contributed by atoms with van der Waals surface area (Å²) in [4.78, 5) is 16.0. The number of carbonyl (C=O) groups is 1. The fraction of sp³-hybridized carbons (Fsp3) is 0.435. The van der Waals surface area contributed by atoms with E-state index in [0.717, 1.165) is 35.9 Å². The highest BCUT2D eigenvalue weighted by atomic mass is 19.1. The van der Waals surface area contributed by atoms with Gasteiger partial charge >= 0.3 is 0 Å². The van der Waals surface area contributed by atoms with Gasteiger partial charge in [0.1, 0.15) is 11.6 Å². The molecule has 1 aromatic carbocycles. The molecule has 31 heavy (non-hydrogen) atoms. The molecule has 0 saturated heterocycles. The number of nitrogens with one attached hydrogen (secondary N) is 1. The lowest BCUT2D eigenvalue weighted by Gasteiger charge is -2.30. The number of ether oxygens (including phenoxy) is 1. The van der Waals surface area contributed by atoms with Crippen molar-refractivity contribution in [1.82, 2.24) is 14.8 Å². The van der Waals surface area contributed by atoms with E-state index < -0.39 is 23.2 Å². The highest BCUT2D eigenvalue weighted by Crippen LogP contribution is 2.37. The minimum absolute atomic E-state index is 0.351. The van der Waals surface area contributed by atoms with E-state index in [-0.39, 0.29) is 0 Å². The first-order valence-corrected chi connectivity index (χ1v) is 10.5. The van der Waals surface area contributed by atoms with Crippen LogP contribution in [-0.2, 0) is 0 Å². The summed E-state index contributed by atoms with van der Waals surface area (Å²) in [5, 5.41) is 8.18. The molecule has 0 atom stereocenters. The summed E-state index contributed by atoms with van der Waals surface area (Å²) in [5.74, 6) is -0.783. The quantitative estimate of drug-likeness (QED) is 0.594. The standard InChI is InChI=1S/C23H26F2N4O2/c1-13(2)14-4-6-17(7-5-14)29-12-15-8-20(21(31-3)10-19(15)28-29)27-23(30)22-18(25)9-16(24)11-26-22/h8-14,17H,4-7H2,1-3H3,(H,27,30). The van der Waals surface area contributed by atoms with E-state index >= 15 is 0 Å². The van der Waals surface area contributed by atoms with Crippen LogP contribution < -0.4 is 10.1 Å². The predicted molar refractivity (Wildman–Crippen MR) is 114 cm³/mol. The van der Waals surface area contributed by atoms with E-state index in [1.165, 1.54) is 20.0 Å². The SMILES string of the molecule is COc1cc2nn(C3CCC(C(C)C)CC3)cc2cc1NC(=O)c1ncc(F)cc1F. The van der Waals surface area contributed by atoms with Crippen LogP contribution in [0, 0.1) is 23.5 Å². The number of carbonyl (C=O) groups excluding carboxylic acids is 1. The van der Waals surface area contributed by atoms with E-state index in [2.05, 4.69) is 24.1 Å². The molecule has 0 spiro atoms. The maximum absolute atomic E-state index is 13.9. The Hall–Kier alpha value is -3.03. The van der Waals surface area contributed by atoms with Crippen molar-refractivity contribution in [2.24, 2.45) is 11.8 Å². The molecule has 164 valence electrons. The molecule has 0 radical (unpaired) electrons. The number of nitrogens with zero attached hydrogens (tertiary/aromatic N) is 3. The summed E-state index contributed by atoms with van der Waals surface area (Å²) < 4.78 is 34.4. The molecule has 3 aromatic rings. The number of aromatic nitrogens is 3. The van der Waals surface area contributed by atoms with Gasteiger partial charge in [-0.05, 0) is 43.6 Å². The molecule has 6 nitrogen and oxygen atoms in total. The zero-order chi connectivity index (χ0) is 22.1. The van der Waals surface area contributed by atoms with Gasteiger partial charge in [-0.3, -0.25) is 9.48 Å². The molecule has 8 heteroatoms. The molecule has 1 aliphatic rings. The van der Waals surface area contributed by atoms with Crippen molar-refractivity contribution in [3.63, 3.8) is 0 Å². The monoisotopic (exact) mass is 428 g/mol. The summed E-state index contributed by atoms with van der Waals surface area (Å²) in [7, 11) is 1.48. The minimum atomic E-state index is -1.03. The third-order valence-corrected chi connectivity index (χ3v) is 6.17. The van der Waals surface area contributed by atoms with Crippen molar-refractivity contribution in [2.45, 2.75) is 45.6 Å². The number of hydrogen-bond donors (Lipinski definition) is 1. The second-order valence-electron chi connectivity index (χ2n) is 8.47. The number of amides is 1. The molecule has 0 unspecified atom stereocenters. The summed E-state index contributed by atoms with van der Waals surface area (Å²) in [6, 6.07) is 4.47. The van der Waals surface area contributed by atoms with E-state index in [9.17, 15) is 13.6 Å². The lowest BCUT2D eigenvalue weighted by atomic mass is 9.80. The second-order valence-corrected chi connectivity index (χ2v) is 8.47. The highest BCUT2D eigenvalue weighted by molar-refractivity contribution is 6.05. The van der Waals surface area contributed by atoms with E-state index in [1.807, 2.05) is 10.9 Å². The van der Waals surface area contributed by atoms with Gasteiger partial charge in [0.25, 0.3) is 5.91 Å². The highest BCUT2D eigenvalue weighted by Gasteiger charge is 2.25. The van der Waals surface area contributed by atoms with Gasteiger partial charge in [-0.2, -0.15) is 5.10 Å². The van der Waals surface area contributed by atoms with Gasteiger partial charge < -0.3 is 10.1 Å². The molecule has 0 bridgehead atoms. The smallest absolute Gasteiger partial charge is 0.277 e. The first-order chi connectivity index (χ1) is 14.9. The normalized spacial score (nSPS) is 19.0. The average Bonchev–Trinajstić information content (AvgIpc) is 3.16. The maximum atomic E-state index is 13.9. The average molecular weight is 428 g/mol. The van der Waals surface area contributed by atoms with Crippen molar-refractivity contribution in [3.05, 3.63) is 47.9 Å². The molecule has 2 aromatic heterocycles. The molecule has 1 aliphatic carbocycles. The van der Waals surface area contributed by atoms with Gasteiger partial charge in [-0.1, -0.05) is 13.8 Å².